The lowest BCUT2D eigenvalue weighted by Crippen LogP contribution is -2.26. The highest BCUT2D eigenvalue weighted by Crippen LogP contribution is 2.33. The first kappa shape index (κ1) is 20.7. The summed E-state index contributed by atoms with van der Waals surface area (Å²) in [6.45, 7) is 7.11. The molecule has 0 atom stereocenters. The van der Waals surface area contributed by atoms with Crippen molar-refractivity contribution in [2.45, 2.75) is 33.9 Å². The highest BCUT2D eigenvalue weighted by molar-refractivity contribution is 7.16. The molecule has 5 aromatic rings. The minimum absolute atomic E-state index is 0.00271. The van der Waals surface area contributed by atoms with E-state index >= 15 is 0 Å². The summed E-state index contributed by atoms with van der Waals surface area (Å²) in [6.07, 6.45) is 7.94. The molecule has 0 bridgehead atoms. The van der Waals surface area contributed by atoms with Gasteiger partial charge in [-0.25, -0.2) is 9.67 Å². The summed E-state index contributed by atoms with van der Waals surface area (Å²) in [5.74, 6) is 0.985. The van der Waals surface area contributed by atoms with Gasteiger partial charge in [-0.3, -0.25) is 4.79 Å². The Morgan fingerprint density at radius 3 is 2.35 bits per heavy atom. The standard InChI is InChI=1S/C26H24N6OS/c1-17-8-9-22(18(2)14-17)32-24(29-10-4-5-11-29)20-15-31(16-21(20)28-32)25(33)23-19(3)27-26(34-23)30-12-6-7-13-30/h4-14H,15-16H2,1-3H3. The molecule has 5 heterocycles. The molecule has 7 nitrogen and oxygen atoms in total. The molecule has 0 unspecified atom stereocenters. The van der Waals surface area contributed by atoms with Crippen LogP contribution < -0.4 is 0 Å². The molecule has 1 aliphatic heterocycles. The van der Waals surface area contributed by atoms with Gasteiger partial charge in [0.2, 0.25) is 0 Å². The van der Waals surface area contributed by atoms with Crippen molar-refractivity contribution in [3.8, 4) is 16.6 Å². The largest absolute Gasteiger partial charge is 0.327 e. The third-order valence-corrected chi connectivity index (χ3v) is 7.41. The number of thiazole rings is 1. The number of carbonyl (C=O) groups is 1. The molecule has 0 radical (unpaired) electrons. The van der Waals surface area contributed by atoms with Crippen molar-refractivity contribution >= 4 is 17.2 Å². The molecule has 0 aliphatic carbocycles. The highest BCUT2D eigenvalue weighted by Gasteiger charge is 2.33. The Labute approximate surface area is 201 Å². The zero-order chi connectivity index (χ0) is 23.4. The van der Waals surface area contributed by atoms with Crippen molar-refractivity contribution in [3.05, 3.63) is 100 Å². The van der Waals surface area contributed by atoms with E-state index in [4.69, 9.17) is 5.10 Å². The van der Waals surface area contributed by atoms with Crippen molar-refractivity contribution in [3.63, 3.8) is 0 Å². The monoisotopic (exact) mass is 468 g/mol. The molecule has 34 heavy (non-hydrogen) atoms. The first-order valence-electron chi connectivity index (χ1n) is 11.2. The summed E-state index contributed by atoms with van der Waals surface area (Å²) >= 11 is 1.43. The molecular weight excluding hydrogens is 444 g/mol. The van der Waals surface area contributed by atoms with E-state index in [9.17, 15) is 4.79 Å². The van der Waals surface area contributed by atoms with Crippen LogP contribution in [0.1, 0.15) is 37.7 Å². The summed E-state index contributed by atoms with van der Waals surface area (Å²) in [5.41, 5.74) is 6.22. The SMILES string of the molecule is Cc1ccc(-n2nc3c(c2-n2cccc2)CN(C(=O)c2sc(-n4cccc4)nc2C)C3)c(C)c1. The van der Waals surface area contributed by atoms with Gasteiger partial charge in [-0.05, 0) is 56.7 Å². The van der Waals surface area contributed by atoms with Crippen LogP contribution in [0.15, 0.2) is 67.3 Å². The predicted octanol–water partition coefficient (Wildman–Crippen LogP) is 4.99. The first-order valence-corrected chi connectivity index (χ1v) is 12.0. The van der Waals surface area contributed by atoms with Crippen LogP contribution in [-0.2, 0) is 13.1 Å². The maximum absolute atomic E-state index is 13.5. The number of amides is 1. The molecule has 0 saturated heterocycles. The molecule has 1 amide bonds. The fourth-order valence-electron chi connectivity index (χ4n) is 4.59. The second-order valence-corrected chi connectivity index (χ2v) is 9.68. The number of fused-ring (bicyclic) bond motifs is 1. The Morgan fingerprint density at radius 1 is 0.941 bits per heavy atom. The molecule has 8 heteroatoms. The number of nitrogens with zero attached hydrogens (tertiary/aromatic N) is 6. The van der Waals surface area contributed by atoms with Crippen LogP contribution in [0.5, 0.6) is 0 Å². The smallest absolute Gasteiger partial charge is 0.266 e. The Balaban J connectivity index is 1.37. The average molecular weight is 469 g/mol. The second kappa shape index (κ2) is 7.85. The van der Waals surface area contributed by atoms with Crippen LogP contribution in [0.2, 0.25) is 0 Å². The fraction of sp³-hybridized carbons (Fsp3) is 0.192. The molecule has 0 fully saturated rings. The summed E-state index contributed by atoms with van der Waals surface area (Å²) < 4.78 is 6.04. The van der Waals surface area contributed by atoms with E-state index in [1.165, 1.54) is 22.5 Å². The number of hydrogen-bond donors (Lipinski definition) is 0. The average Bonchev–Trinajstić information content (AvgIpc) is 3.61. The Kier molecular flexibility index (Phi) is 4.77. The number of rotatable bonds is 4. The summed E-state index contributed by atoms with van der Waals surface area (Å²) in [4.78, 5) is 20.7. The van der Waals surface area contributed by atoms with Crippen molar-refractivity contribution in [1.82, 2.24) is 28.8 Å². The van der Waals surface area contributed by atoms with E-state index in [1.54, 1.807) is 0 Å². The molecule has 0 saturated carbocycles. The number of aryl methyl sites for hydroxylation is 3. The molecule has 0 spiro atoms. The lowest BCUT2D eigenvalue weighted by molar-refractivity contribution is 0.0753. The number of hydrogen-bond acceptors (Lipinski definition) is 4. The van der Waals surface area contributed by atoms with Gasteiger partial charge >= 0.3 is 0 Å². The van der Waals surface area contributed by atoms with E-state index in [0.29, 0.717) is 18.0 Å². The third-order valence-electron chi connectivity index (χ3n) is 6.25. The van der Waals surface area contributed by atoms with Crippen LogP contribution in [-0.4, -0.2) is 34.7 Å². The van der Waals surface area contributed by atoms with Gasteiger partial charge in [0.25, 0.3) is 5.91 Å². The van der Waals surface area contributed by atoms with Gasteiger partial charge in [-0.15, -0.1) is 0 Å². The molecule has 4 aromatic heterocycles. The van der Waals surface area contributed by atoms with Gasteiger partial charge in [0.1, 0.15) is 10.7 Å². The van der Waals surface area contributed by atoms with E-state index in [2.05, 4.69) is 41.6 Å². The van der Waals surface area contributed by atoms with Crippen LogP contribution in [0.4, 0.5) is 0 Å². The van der Waals surface area contributed by atoms with Crippen molar-refractivity contribution in [1.29, 1.82) is 0 Å². The normalized spacial score (nSPS) is 13.0. The fourth-order valence-corrected chi connectivity index (χ4v) is 5.60. The Hall–Kier alpha value is -3.91. The number of aromatic nitrogens is 5. The van der Waals surface area contributed by atoms with Gasteiger partial charge in [-0.1, -0.05) is 29.0 Å². The second-order valence-electron chi connectivity index (χ2n) is 8.70. The van der Waals surface area contributed by atoms with E-state index in [0.717, 1.165) is 33.6 Å². The van der Waals surface area contributed by atoms with Gasteiger partial charge in [0.05, 0.1) is 30.2 Å². The lowest BCUT2D eigenvalue weighted by atomic mass is 10.1. The quantitative estimate of drug-likeness (QED) is 0.373. The molecule has 0 N–H and O–H groups in total. The predicted molar refractivity (Wildman–Crippen MR) is 132 cm³/mol. The summed E-state index contributed by atoms with van der Waals surface area (Å²) in [7, 11) is 0. The molecular formula is C26H24N6OS. The first-order chi connectivity index (χ1) is 16.5. The van der Waals surface area contributed by atoms with Crippen molar-refractivity contribution < 1.29 is 4.79 Å². The Bertz CT molecular complexity index is 1510. The minimum Gasteiger partial charge on any atom is -0.327 e. The maximum Gasteiger partial charge on any atom is 0.266 e. The number of benzene rings is 1. The van der Waals surface area contributed by atoms with Crippen LogP contribution in [0.25, 0.3) is 16.6 Å². The molecule has 170 valence electrons. The zero-order valence-corrected chi connectivity index (χ0v) is 20.1. The Morgan fingerprint density at radius 2 is 1.65 bits per heavy atom. The summed E-state index contributed by atoms with van der Waals surface area (Å²) in [6, 6.07) is 14.3. The third kappa shape index (κ3) is 3.30. The van der Waals surface area contributed by atoms with Crippen LogP contribution in [0, 0.1) is 20.8 Å². The topological polar surface area (TPSA) is 60.9 Å². The number of carbonyl (C=O) groups excluding carboxylic acids is 1. The van der Waals surface area contributed by atoms with E-state index < -0.39 is 0 Å². The van der Waals surface area contributed by atoms with Crippen molar-refractivity contribution in [2.75, 3.05) is 0 Å². The molecule has 1 aromatic carbocycles. The van der Waals surface area contributed by atoms with E-state index in [-0.39, 0.29) is 5.91 Å². The highest BCUT2D eigenvalue weighted by atomic mass is 32.1. The van der Waals surface area contributed by atoms with Crippen molar-refractivity contribution in [2.24, 2.45) is 0 Å². The lowest BCUT2D eigenvalue weighted by Gasteiger charge is -2.18. The molecule has 1 aliphatic rings. The maximum atomic E-state index is 13.5. The van der Waals surface area contributed by atoms with Crippen LogP contribution >= 0.6 is 11.3 Å². The van der Waals surface area contributed by atoms with Gasteiger partial charge in [0.15, 0.2) is 5.13 Å². The van der Waals surface area contributed by atoms with Gasteiger partial charge in [0, 0.05) is 30.4 Å². The zero-order valence-electron chi connectivity index (χ0n) is 19.3. The molecule has 6 rings (SSSR count). The minimum atomic E-state index is 0.00271. The van der Waals surface area contributed by atoms with Gasteiger partial charge in [-0.2, -0.15) is 5.10 Å². The van der Waals surface area contributed by atoms with E-state index in [1.807, 2.05) is 70.1 Å². The van der Waals surface area contributed by atoms with Gasteiger partial charge < -0.3 is 14.0 Å². The van der Waals surface area contributed by atoms with Crippen LogP contribution in [0.3, 0.4) is 0 Å². The summed E-state index contributed by atoms with van der Waals surface area (Å²) in [5, 5.41) is 5.79.